The van der Waals surface area contributed by atoms with Crippen molar-refractivity contribution in [2.75, 3.05) is 122 Å². The molecule has 0 unspecified atom stereocenters. The van der Waals surface area contributed by atoms with Crippen molar-refractivity contribution in [2.24, 2.45) is 0 Å². The van der Waals surface area contributed by atoms with E-state index in [0.717, 1.165) is 11.0 Å². The number of nitrogen functional groups attached to an aromatic ring is 1. The standard InChI is InChI=1S/C24H42INO9/c25-5-6-27-7-8-28-9-10-29-11-12-30-13-14-31-15-16-32-17-18-33-19-20-34-21-22-35-24-4-2-1-3-23(24)26/h1-4H,5-22,26H2. The molecule has 0 aliphatic heterocycles. The molecule has 0 aliphatic carbocycles. The Bertz CT molecular complexity index is 572. The summed E-state index contributed by atoms with van der Waals surface area (Å²) in [5.74, 6) is 0.674. The molecule has 0 aliphatic rings. The van der Waals surface area contributed by atoms with Crippen molar-refractivity contribution in [3.05, 3.63) is 24.3 Å². The molecule has 10 nitrogen and oxygen atoms in total. The molecule has 0 spiro atoms. The molecule has 0 bridgehead atoms. The van der Waals surface area contributed by atoms with Gasteiger partial charge in [-0.1, -0.05) is 34.7 Å². The lowest BCUT2D eigenvalue weighted by Gasteiger charge is -2.09. The van der Waals surface area contributed by atoms with Crippen molar-refractivity contribution in [1.82, 2.24) is 0 Å². The molecule has 0 saturated heterocycles. The first-order valence-electron chi connectivity index (χ1n) is 12.0. The van der Waals surface area contributed by atoms with Crippen LogP contribution in [0.25, 0.3) is 0 Å². The second-order valence-electron chi connectivity index (χ2n) is 6.97. The number of rotatable bonds is 27. The van der Waals surface area contributed by atoms with Gasteiger partial charge in [0.15, 0.2) is 0 Å². The van der Waals surface area contributed by atoms with E-state index >= 15 is 0 Å². The monoisotopic (exact) mass is 615 g/mol. The first-order valence-corrected chi connectivity index (χ1v) is 13.5. The van der Waals surface area contributed by atoms with Gasteiger partial charge in [-0.2, -0.15) is 0 Å². The van der Waals surface area contributed by atoms with Crippen LogP contribution in [0.4, 0.5) is 5.69 Å². The second kappa shape index (κ2) is 26.3. The Hall–Kier alpha value is -0.770. The van der Waals surface area contributed by atoms with Crippen LogP contribution in [0.15, 0.2) is 24.3 Å². The van der Waals surface area contributed by atoms with E-state index in [-0.39, 0.29) is 0 Å². The highest BCUT2D eigenvalue weighted by molar-refractivity contribution is 14.1. The van der Waals surface area contributed by atoms with Gasteiger partial charge in [0, 0.05) is 4.43 Å². The molecule has 0 amide bonds. The molecule has 35 heavy (non-hydrogen) atoms. The molecule has 1 aromatic carbocycles. The summed E-state index contributed by atoms with van der Waals surface area (Å²) < 4.78 is 49.9. The fourth-order valence-corrected chi connectivity index (χ4v) is 2.83. The van der Waals surface area contributed by atoms with E-state index in [0.29, 0.717) is 117 Å². The average Bonchev–Trinajstić information content (AvgIpc) is 2.87. The molecule has 1 aromatic rings. The molecule has 0 atom stereocenters. The van der Waals surface area contributed by atoms with Crippen LogP contribution in [-0.4, -0.2) is 117 Å². The summed E-state index contributed by atoms with van der Waals surface area (Å²) in [7, 11) is 0. The Morgan fingerprint density at radius 2 is 0.771 bits per heavy atom. The smallest absolute Gasteiger partial charge is 0.142 e. The maximum atomic E-state index is 5.80. The third-order valence-corrected chi connectivity index (χ3v) is 4.67. The van der Waals surface area contributed by atoms with Crippen molar-refractivity contribution >= 4 is 28.3 Å². The molecule has 0 radical (unpaired) electrons. The van der Waals surface area contributed by atoms with Crippen LogP contribution >= 0.6 is 22.6 Å². The summed E-state index contributed by atoms with van der Waals surface area (Å²) in [6, 6.07) is 7.39. The van der Waals surface area contributed by atoms with Gasteiger partial charge in [0.1, 0.15) is 12.4 Å². The largest absolute Gasteiger partial charge is 0.489 e. The van der Waals surface area contributed by atoms with Gasteiger partial charge in [-0.05, 0) is 12.1 Å². The Kier molecular flexibility index (Phi) is 24.2. The number of nitrogens with two attached hydrogens (primary N) is 1. The Balaban J connectivity index is 1.66. The normalized spacial score (nSPS) is 11.2. The maximum absolute atomic E-state index is 5.80. The first kappa shape index (κ1) is 32.3. The fraction of sp³-hybridized carbons (Fsp3) is 0.750. The number of halogens is 1. The fourth-order valence-electron chi connectivity index (χ4n) is 2.52. The lowest BCUT2D eigenvalue weighted by molar-refractivity contribution is -0.0233. The van der Waals surface area contributed by atoms with E-state index in [4.69, 9.17) is 48.4 Å². The van der Waals surface area contributed by atoms with E-state index < -0.39 is 0 Å². The van der Waals surface area contributed by atoms with Crippen molar-refractivity contribution in [3.63, 3.8) is 0 Å². The summed E-state index contributed by atoms with van der Waals surface area (Å²) >= 11 is 2.28. The van der Waals surface area contributed by atoms with Crippen LogP contribution in [0.1, 0.15) is 0 Å². The van der Waals surface area contributed by atoms with Gasteiger partial charge >= 0.3 is 0 Å². The van der Waals surface area contributed by atoms with Gasteiger partial charge < -0.3 is 48.4 Å². The summed E-state index contributed by atoms with van der Waals surface area (Å²) in [5, 5.41) is 0. The zero-order chi connectivity index (χ0) is 25.1. The molecule has 2 N–H and O–H groups in total. The zero-order valence-corrected chi connectivity index (χ0v) is 22.8. The Morgan fingerprint density at radius 3 is 1.11 bits per heavy atom. The molecule has 1 rings (SSSR count). The maximum Gasteiger partial charge on any atom is 0.142 e. The van der Waals surface area contributed by atoms with Gasteiger partial charge in [-0.3, -0.25) is 0 Å². The third-order valence-electron chi connectivity index (χ3n) is 4.23. The van der Waals surface area contributed by atoms with E-state index in [1.165, 1.54) is 0 Å². The highest BCUT2D eigenvalue weighted by atomic mass is 127. The van der Waals surface area contributed by atoms with Gasteiger partial charge in [0.2, 0.25) is 0 Å². The van der Waals surface area contributed by atoms with Crippen molar-refractivity contribution < 1.29 is 42.6 Å². The second-order valence-corrected chi connectivity index (χ2v) is 8.05. The van der Waals surface area contributed by atoms with Gasteiger partial charge in [0.05, 0.1) is 111 Å². The average molecular weight is 616 g/mol. The van der Waals surface area contributed by atoms with Crippen LogP contribution in [0.2, 0.25) is 0 Å². The number of ether oxygens (including phenoxy) is 9. The van der Waals surface area contributed by atoms with Crippen molar-refractivity contribution in [2.45, 2.75) is 0 Å². The molecule has 11 heteroatoms. The van der Waals surface area contributed by atoms with Crippen LogP contribution in [0.3, 0.4) is 0 Å². The van der Waals surface area contributed by atoms with Crippen molar-refractivity contribution in [1.29, 1.82) is 0 Å². The minimum atomic E-state index is 0.446. The van der Waals surface area contributed by atoms with Crippen LogP contribution in [0.5, 0.6) is 5.75 Å². The quantitative estimate of drug-likeness (QED) is 0.0685. The minimum absolute atomic E-state index is 0.446. The van der Waals surface area contributed by atoms with E-state index in [1.54, 1.807) is 6.07 Å². The predicted molar refractivity (Wildman–Crippen MR) is 142 cm³/mol. The van der Waals surface area contributed by atoms with Gasteiger partial charge in [-0.15, -0.1) is 0 Å². The minimum Gasteiger partial charge on any atom is -0.489 e. The SMILES string of the molecule is Nc1ccccc1OCCOCCOCCOCCOCCOCCOCCOCCOCCI. The summed E-state index contributed by atoms with van der Waals surface area (Å²) in [6.45, 7) is 9.26. The number of alkyl halides is 1. The third kappa shape index (κ3) is 22.2. The highest BCUT2D eigenvalue weighted by Crippen LogP contribution is 2.19. The van der Waals surface area contributed by atoms with Crippen LogP contribution in [0, 0.1) is 0 Å². The van der Waals surface area contributed by atoms with E-state index in [1.807, 2.05) is 18.2 Å². The summed E-state index contributed by atoms with van der Waals surface area (Å²) in [6.07, 6.45) is 0. The summed E-state index contributed by atoms with van der Waals surface area (Å²) in [5.41, 5.74) is 6.43. The highest BCUT2D eigenvalue weighted by Gasteiger charge is 1.98. The molecule has 0 saturated carbocycles. The molecular weight excluding hydrogens is 573 g/mol. The topological polar surface area (TPSA) is 109 Å². The van der Waals surface area contributed by atoms with Crippen molar-refractivity contribution in [3.8, 4) is 5.75 Å². The molecule has 0 heterocycles. The Morgan fingerprint density at radius 1 is 0.457 bits per heavy atom. The molecule has 0 aromatic heterocycles. The molecule has 204 valence electrons. The van der Waals surface area contributed by atoms with E-state index in [2.05, 4.69) is 22.6 Å². The first-order chi connectivity index (χ1) is 17.3. The lowest BCUT2D eigenvalue weighted by atomic mass is 10.3. The number of benzene rings is 1. The van der Waals surface area contributed by atoms with Crippen LogP contribution in [-0.2, 0) is 37.9 Å². The number of para-hydroxylation sites is 2. The zero-order valence-electron chi connectivity index (χ0n) is 20.7. The van der Waals surface area contributed by atoms with Crippen LogP contribution < -0.4 is 10.5 Å². The van der Waals surface area contributed by atoms with E-state index in [9.17, 15) is 0 Å². The Labute approximate surface area is 223 Å². The molecular formula is C24H42INO9. The predicted octanol–water partition coefficient (Wildman–Crippen LogP) is 2.22. The van der Waals surface area contributed by atoms with Gasteiger partial charge in [-0.25, -0.2) is 0 Å². The number of hydrogen-bond acceptors (Lipinski definition) is 10. The summed E-state index contributed by atoms with van der Waals surface area (Å²) in [4.78, 5) is 0. The number of anilines is 1. The number of hydrogen-bond donors (Lipinski definition) is 1. The molecule has 0 fully saturated rings. The lowest BCUT2D eigenvalue weighted by Crippen LogP contribution is -2.15. The van der Waals surface area contributed by atoms with Gasteiger partial charge in [0.25, 0.3) is 0 Å².